The van der Waals surface area contributed by atoms with Crippen LogP contribution in [0.4, 0.5) is 10.5 Å². The second-order valence-electron chi connectivity index (χ2n) is 17.5. The number of nitro benzene ring substituents is 1. The molecule has 2 aromatic carbocycles. The Balaban J connectivity index is 1.55. The van der Waals surface area contributed by atoms with E-state index in [-0.39, 0.29) is 62.0 Å². The van der Waals surface area contributed by atoms with Crippen molar-refractivity contribution in [2.24, 2.45) is 22.9 Å². The Hall–Kier alpha value is -4.46. The molecule has 0 radical (unpaired) electrons. The van der Waals surface area contributed by atoms with Gasteiger partial charge in [0.05, 0.1) is 29.8 Å². The van der Waals surface area contributed by atoms with Crippen molar-refractivity contribution in [2.75, 3.05) is 33.0 Å². The number of nitro groups is 1. The van der Waals surface area contributed by atoms with Crippen LogP contribution in [-0.4, -0.2) is 81.7 Å². The number of phenolic OH excluding ortho intramolecular Hbond substituents is 1. The summed E-state index contributed by atoms with van der Waals surface area (Å²) in [6.45, 7) is 9.26. The van der Waals surface area contributed by atoms with Crippen molar-refractivity contribution >= 4 is 17.5 Å². The number of carbonyl (C=O) groups excluding carboxylic acids is 1. The van der Waals surface area contributed by atoms with Gasteiger partial charge in [0.15, 0.2) is 0 Å². The van der Waals surface area contributed by atoms with Crippen molar-refractivity contribution in [3.63, 3.8) is 0 Å². The number of aromatic hydroxyl groups is 1. The zero-order chi connectivity index (χ0) is 45.0. The molecule has 5 rings (SSSR count). The average molecular weight is 876 g/mol. The summed E-state index contributed by atoms with van der Waals surface area (Å²) in [4.78, 5) is 33.2. The molecule has 1 heterocycles. The number of hydrogen-bond acceptors (Lipinski definition) is 11. The van der Waals surface area contributed by atoms with Gasteiger partial charge in [-0.3, -0.25) is 15.0 Å². The molecule has 0 bridgehead atoms. The number of amides is 1. The van der Waals surface area contributed by atoms with Gasteiger partial charge in [-0.15, -0.1) is 6.58 Å². The molecule has 13 nitrogen and oxygen atoms in total. The number of phenols is 1. The molecule has 1 fully saturated rings. The molecule has 13 heteroatoms. The molecule has 0 aromatic heterocycles. The number of allylic oxidation sites excluding steroid dienone is 1. The van der Waals surface area contributed by atoms with E-state index in [1.54, 1.807) is 41.3 Å². The molecule has 1 saturated carbocycles. The van der Waals surface area contributed by atoms with E-state index in [1.165, 1.54) is 57.1 Å². The SMILES string of the molecule is C=CCO[C@@]12Oc3ccc(O)cc3[C@H]3[C@H](CCCCO)[C@@H](CCCCO)C=C(C(=NOCc4ccc([N+](=O)[O-])cc4)C[C@@H]1N(CCC)C(=O)OCCCCCCCCCCCC)[C@H]32. The number of aliphatic hydroxyl groups is 2. The number of hydrogen-bond donors (Lipinski definition) is 3. The van der Waals surface area contributed by atoms with E-state index in [0.29, 0.717) is 49.4 Å². The third kappa shape index (κ3) is 13.1. The lowest BCUT2D eigenvalue weighted by molar-refractivity contribution is -0.384. The van der Waals surface area contributed by atoms with Crippen LogP contribution in [0.1, 0.15) is 146 Å². The van der Waals surface area contributed by atoms with Gasteiger partial charge in [0, 0.05) is 49.8 Å². The molecule has 6 atom stereocenters. The number of aliphatic hydroxyl groups excluding tert-OH is 2. The zero-order valence-corrected chi connectivity index (χ0v) is 37.8. The highest BCUT2D eigenvalue weighted by molar-refractivity contribution is 6.03. The Bertz CT molecular complexity index is 1800. The molecular weight excluding hydrogens is 803 g/mol. The van der Waals surface area contributed by atoms with Crippen LogP contribution in [0.3, 0.4) is 0 Å². The summed E-state index contributed by atoms with van der Waals surface area (Å²) >= 11 is 0. The zero-order valence-electron chi connectivity index (χ0n) is 37.8. The molecular formula is C50H73N3O10. The maximum absolute atomic E-state index is 14.5. The standard InChI is InChI=1S/C50H73N3O10/c1-4-7-8-9-10-11-12-13-14-19-32-60-49(57)52(28-5-2)46-35-44(51-62-36-37-22-24-39(25-23-37)53(58)59)42-33-38(20-15-17-29-54)41(21-16-18-30-55)47-43-34-40(56)26-27-45(43)63-50(46,48(42)47)61-31-6-3/h6,22-27,33-34,38,41,46-48,54-56H,3-5,7-21,28-32,35-36H2,1-2H3/t38-,41+,46-,47+,48+,50+/m0/s1. The number of ether oxygens (including phenoxy) is 3. The Morgan fingerprint density at radius 1 is 0.937 bits per heavy atom. The normalized spacial score (nSPS) is 23.0. The average Bonchev–Trinajstić information content (AvgIpc) is 3.28. The number of fused-ring (bicyclic) bond motifs is 2. The van der Waals surface area contributed by atoms with Crippen LogP contribution in [0.25, 0.3) is 0 Å². The topological polar surface area (TPSA) is 173 Å². The number of unbranched alkanes of at least 4 members (excludes halogenated alkanes) is 11. The Kier molecular flexibility index (Phi) is 20.2. The van der Waals surface area contributed by atoms with E-state index >= 15 is 0 Å². The smallest absolute Gasteiger partial charge is 0.410 e. The monoisotopic (exact) mass is 876 g/mol. The van der Waals surface area contributed by atoms with Crippen LogP contribution in [0, 0.1) is 27.9 Å². The first-order valence-electron chi connectivity index (χ1n) is 23.8. The first-order valence-corrected chi connectivity index (χ1v) is 23.8. The molecule has 63 heavy (non-hydrogen) atoms. The highest BCUT2D eigenvalue weighted by Crippen LogP contribution is 2.62. The lowest BCUT2D eigenvalue weighted by Crippen LogP contribution is -2.70. The molecule has 2 aromatic rings. The van der Waals surface area contributed by atoms with E-state index in [4.69, 9.17) is 24.2 Å². The van der Waals surface area contributed by atoms with Crippen molar-refractivity contribution in [1.82, 2.24) is 4.90 Å². The second kappa shape index (κ2) is 25.7. The van der Waals surface area contributed by atoms with Crippen LogP contribution >= 0.6 is 0 Å². The van der Waals surface area contributed by atoms with Gasteiger partial charge >= 0.3 is 6.09 Å². The summed E-state index contributed by atoms with van der Waals surface area (Å²) in [5.41, 5.74) is 3.03. The molecule has 1 amide bonds. The van der Waals surface area contributed by atoms with Gasteiger partial charge in [-0.05, 0) is 91.8 Å². The Morgan fingerprint density at radius 2 is 1.62 bits per heavy atom. The summed E-state index contributed by atoms with van der Waals surface area (Å²) in [6.07, 6.45) is 20.5. The quantitative estimate of drug-likeness (QED) is 0.0309. The maximum Gasteiger partial charge on any atom is 0.410 e. The third-order valence-electron chi connectivity index (χ3n) is 13.0. The molecule has 3 N–H and O–H groups in total. The van der Waals surface area contributed by atoms with Gasteiger partial charge in [-0.25, -0.2) is 4.79 Å². The number of rotatable bonds is 29. The minimum atomic E-state index is -1.43. The fraction of sp³-hybridized carbons (Fsp3) is 0.640. The van der Waals surface area contributed by atoms with E-state index in [2.05, 4.69) is 19.6 Å². The van der Waals surface area contributed by atoms with Crippen LogP contribution in [0.15, 0.2) is 71.9 Å². The number of non-ortho nitro benzene ring substituents is 1. The predicted octanol–water partition coefficient (Wildman–Crippen LogP) is 10.9. The Labute approximate surface area is 374 Å². The first-order chi connectivity index (χ1) is 30.7. The van der Waals surface area contributed by atoms with Crippen molar-refractivity contribution in [2.45, 2.75) is 154 Å². The summed E-state index contributed by atoms with van der Waals surface area (Å²) in [7, 11) is 0. The number of benzene rings is 2. The van der Waals surface area contributed by atoms with E-state index in [1.807, 2.05) is 6.92 Å². The van der Waals surface area contributed by atoms with Gasteiger partial charge in [0.2, 0.25) is 5.79 Å². The van der Waals surface area contributed by atoms with E-state index in [0.717, 1.165) is 56.1 Å². The Morgan fingerprint density at radius 3 is 2.27 bits per heavy atom. The number of oxime groups is 1. The van der Waals surface area contributed by atoms with Gasteiger partial charge in [-0.2, -0.15) is 0 Å². The van der Waals surface area contributed by atoms with Gasteiger partial charge in [0.25, 0.3) is 5.69 Å². The third-order valence-corrected chi connectivity index (χ3v) is 13.0. The van der Waals surface area contributed by atoms with E-state index in [9.17, 15) is 30.2 Å². The van der Waals surface area contributed by atoms with Gasteiger partial charge in [-0.1, -0.05) is 102 Å². The molecule has 348 valence electrons. The summed E-state index contributed by atoms with van der Waals surface area (Å²) in [6, 6.07) is 10.6. The van der Waals surface area contributed by atoms with Gasteiger partial charge < -0.3 is 34.4 Å². The minimum absolute atomic E-state index is 0.0177. The summed E-state index contributed by atoms with van der Waals surface area (Å²) < 4.78 is 20.3. The summed E-state index contributed by atoms with van der Waals surface area (Å²) in [5.74, 6) is -1.49. The van der Waals surface area contributed by atoms with Crippen molar-refractivity contribution < 1.29 is 44.1 Å². The molecule has 2 aliphatic carbocycles. The maximum atomic E-state index is 14.5. The van der Waals surface area contributed by atoms with Crippen LogP contribution in [0.5, 0.6) is 11.5 Å². The predicted molar refractivity (Wildman–Crippen MR) is 245 cm³/mol. The van der Waals surface area contributed by atoms with Crippen molar-refractivity contribution in [3.8, 4) is 11.5 Å². The van der Waals surface area contributed by atoms with Crippen LogP contribution < -0.4 is 4.74 Å². The molecule has 0 saturated heterocycles. The fourth-order valence-corrected chi connectivity index (χ4v) is 10.0. The highest BCUT2D eigenvalue weighted by Gasteiger charge is 2.65. The fourth-order valence-electron chi connectivity index (χ4n) is 10.0. The largest absolute Gasteiger partial charge is 0.508 e. The molecule has 0 unspecified atom stereocenters. The van der Waals surface area contributed by atoms with Crippen molar-refractivity contribution in [1.29, 1.82) is 0 Å². The molecule has 1 aliphatic heterocycles. The van der Waals surface area contributed by atoms with Crippen molar-refractivity contribution in [3.05, 3.63) is 88.0 Å². The van der Waals surface area contributed by atoms with Gasteiger partial charge in [0.1, 0.15) is 24.1 Å². The number of carbonyl (C=O) groups is 1. The second-order valence-corrected chi connectivity index (χ2v) is 17.5. The molecule has 3 aliphatic rings. The van der Waals surface area contributed by atoms with E-state index < -0.39 is 28.8 Å². The lowest BCUT2D eigenvalue weighted by atomic mass is 9.55. The van der Waals surface area contributed by atoms with Crippen LogP contribution in [-0.2, 0) is 20.9 Å². The molecule has 0 spiro atoms. The number of nitrogens with zero attached hydrogens (tertiary/aromatic N) is 3. The lowest BCUT2D eigenvalue weighted by Gasteiger charge is -2.59. The highest BCUT2D eigenvalue weighted by atomic mass is 16.7. The first kappa shape index (κ1) is 49.6. The minimum Gasteiger partial charge on any atom is -0.508 e. The van der Waals surface area contributed by atoms with Crippen LogP contribution in [0.2, 0.25) is 0 Å². The summed E-state index contributed by atoms with van der Waals surface area (Å²) in [5, 5.41) is 46.9.